The third-order valence-corrected chi connectivity index (χ3v) is 8.60. The molecule has 18 heavy (non-hydrogen) atoms. The van der Waals surface area contributed by atoms with Gasteiger partial charge >= 0.3 is 121 Å². The van der Waals surface area contributed by atoms with Gasteiger partial charge in [0.2, 0.25) is 0 Å². The monoisotopic (exact) mass is 335 g/mol. The van der Waals surface area contributed by atoms with Gasteiger partial charge in [0.15, 0.2) is 0 Å². The van der Waals surface area contributed by atoms with E-state index in [0.29, 0.717) is 36.5 Å². The van der Waals surface area contributed by atoms with Crippen molar-refractivity contribution < 1.29 is 4.79 Å². The molecular weight excluding hydrogens is 309 g/mol. The molecule has 2 aliphatic carbocycles. The van der Waals surface area contributed by atoms with Gasteiger partial charge in [0, 0.05) is 0 Å². The second-order valence-electron chi connectivity index (χ2n) is 5.54. The SMILES string of the molecule is CS[Se]C1CCCCC1C(=O)NC1CCCCC1. The Balaban J connectivity index is 1.84. The van der Waals surface area contributed by atoms with Crippen molar-refractivity contribution in [3.8, 4) is 0 Å². The summed E-state index contributed by atoms with van der Waals surface area (Å²) in [5.41, 5.74) is 0. The number of rotatable bonds is 4. The minimum atomic E-state index is 0.327. The first-order valence-corrected chi connectivity index (χ1v) is 11.5. The van der Waals surface area contributed by atoms with Gasteiger partial charge in [-0.1, -0.05) is 0 Å². The molecule has 0 aliphatic heterocycles. The first kappa shape index (κ1) is 14.7. The summed E-state index contributed by atoms with van der Waals surface area (Å²) in [6.45, 7) is 0. The predicted octanol–water partition coefficient (Wildman–Crippen LogP) is 3.40. The summed E-state index contributed by atoms with van der Waals surface area (Å²) in [4.78, 5) is 13.1. The molecular formula is C14H25NOSSe. The molecule has 0 aromatic carbocycles. The van der Waals surface area contributed by atoms with E-state index >= 15 is 0 Å². The molecule has 0 saturated heterocycles. The molecule has 2 atom stereocenters. The zero-order valence-electron chi connectivity index (χ0n) is 11.3. The van der Waals surface area contributed by atoms with E-state index in [4.69, 9.17) is 0 Å². The Hall–Kier alpha value is 0.339. The topological polar surface area (TPSA) is 29.1 Å². The molecule has 2 nitrogen and oxygen atoms in total. The standard InChI is InChI=1S/C14H25NOSSe/c1-17-18-13-10-6-5-9-12(13)14(16)15-11-7-3-2-4-8-11/h11-13H,2-10H2,1H3,(H,15,16). The number of hydrogen-bond acceptors (Lipinski definition) is 2. The van der Waals surface area contributed by atoms with Crippen molar-refractivity contribution in [3.63, 3.8) is 0 Å². The van der Waals surface area contributed by atoms with Crippen LogP contribution in [-0.4, -0.2) is 32.0 Å². The number of carbonyl (C=O) groups excluding carboxylic acids is 1. The maximum atomic E-state index is 12.4. The third kappa shape index (κ3) is 4.18. The summed E-state index contributed by atoms with van der Waals surface area (Å²) in [5.74, 6) is 0.704. The van der Waals surface area contributed by atoms with Crippen LogP contribution in [0.5, 0.6) is 0 Å². The van der Waals surface area contributed by atoms with Crippen LogP contribution in [-0.2, 0) is 4.79 Å². The Morgan fingerprint density at radius 3 is 2.44 bits per heavy atom. The molecule has 2 fully saturated rings. The Morgan fingerprint density at radius 2 is 1.72 bits per heavy atom. The second kappa shape index (κ2) is 7.81. The molecule has 2 unspecified atom stereocenters. The Bertz CT molecular complexity index is 267. The number of nitrogens with one attached hydrogen (secondary N) is 1. The summed E-state index contributed by atoms with van der Waals surface area (Å²) in [7, 11) is 1.96. The molecule has 1 amide bonds. The zero-order chi connectivity index (χ0) is 12.8. The van der Waals surface area contributed by atoms with E-state index in [1.54, 1.807) is 0 Å². The van der Waals surface area contributed by atoms with Crippen LogP contribution in [0.2, 0.25) is 4.82 Å². The summed E-state index contributed by atoms with van der Waals surface area (Å²) < 4.78 is 0. The molecule has 2 rings (SSSR count). The summed E-state index contributed by atoms with van der Waals surface area (Å²) in [6, 6.07) is 0.482. The van der Waals surface area contributed by atoms with Crippen molar-refractivity contribution >= 4 is 29.9 Å². The maximum absolute atomic E-state index is 12.4. The van der Waals surface area contributed by atoms with Gasteiger partial charge in [0.05, 0.1) is 0 Å². The Labute approximate surface area is 121 Å². The molecule has 0 aromatic rings. The van der Waals surface area contributed by atoms with E-state index in [2.05, 4.69) is 11.6 Å². The van der Waals surface area contributed by atoms with E-state index in [9.17, 15) is 4.79 Å². The van der Waals surface area contributed by atoms with E-state index in [1.165, 1.54) is 51.4 Å². The summed E-state index contributed by atoms with van der Waals surface area (Å²) >= 11 is 0.592. The van der Waals surface area contributed by atoms with E-state index in [-0.39, 0.29) is 0 Å². The molecule has 1 N–H and O–H groups in total. The van der Waals surface area contributed by atoms with Crippen LogP contribution in [0.3, 0.4) is 0 Å². The van der Waals surface area contributed by atoms with Crippen LogP contribution < -0.4 is 5.32 Å². The third-order valence-electron chi connectivity index (χ3n) is 4.21. The Morgan fingerprint density at radius 1 is 1.06 bits per heavy atom. The van der Waals surface area contributed by atoms with Crippen LogP contribution in [0.1, 0.15) is 57.8 Å². The van der Waals surface area contributed by atoms with Crippen LogP contribution >= 0.6 is 10.2 Å². The molecule has 2 aliphatic rings. The Kier molecular flexibility index (Phi) is 6.40. The van der Waals surface area contributed by atoms with Gasteiger partial charge in [0.1, 0.15) is 0 Å². The van der Waals surface area contributed by atoms with Gasteiger partial charge in [0.25, 0.3) is 0 Å². The van der Waals surface area contributed by atoms with Crippen LogP contribution in [0.4, 0.5) is 0 Å². The van der Waals surface area contributed by atoms with Gasteiger partial charge in [-0.15, -0.1) is 0 Å². The van der Waals surface area contributed by atoms with E-state index < -0.39 is 0 Å². The summed E-state index contributed by atoms with van der Waals surface area (Å²) in [6.07, 6.45) is 13.5. The van der Waals surface area contributed by atoms with Gasteiger partial charge in [-0.05, 0) is 0 Å². The molecule has 0 spiro atoms. The van der Waals surface area contributed by atoms with Crippen LogP contribution in [0.15, 0.2) is 0 Å². The average molecular weight is 334 g/mol. The van der Waals surface area contributed by atoms with Crippen molar-refractivity contribution in [1.29, 1.82) is 0 Å². The normalized spacial score (nSPS) is 30.1. The quantitative estimate of drug-likeness (QED) is 0.799. The number of hydrogen-bond donors (Lipinski definition) is 1. The first-order chi connectivity index (χ1) is 8.81. The first-order valence-electron chi connectivity index (χ1n) is 7.31. The van der Waals surface area contributed by atoms with E-state index in [1.807, 2.05) is 10.2 Å². The van der Waals surface area contributed by atoms with Crippen molar-refractivity contribution in [1.82, 2.24) is 5.32 Å². The van der Waals surface area contributed by atoms with Crippen molar-refractivity contribution in [2.24, 2.45) is 5.92 Å². The molecule has 4 heteroatoms. The van der Waals surface area contributed by atoms with Crippen molar-refractivity contribution in [2.75, 3.05) is 6.26 Å². The van der Waals surface area contributed by atoms with Crippen LogP contribution in [0, 0.1) is 5.92 Å². The minimum absolute atomic E-state index is 0.327. The molecule has 0 radical (unpaired) electrons. The number of carbonyl (C=O) groups is 1. The van der Waals surface area contributed by atoms with Gasteiger partial charge in [-0.25, -0.2) is 0 Å². The van der Waals surface area contributed by atoms with Crippen molar-refractivity contribution in [2.45, 2.75) is 68.6 Å². The van der Waals surface area contributed by atoms with Crippen LogP contribution in [0.25, 0.3) is 0 Å². The van der Waals surface area contributed by atoms with E-state index in [0.717, 1.165) is 6.42 Å². The fraction of sp³-hybridized carbons (Fsp3) is 0.929. The zero-order valence-corrected chi connectivity index (χ0v) is 13.9. The molecule has 0 aromatic heterocycles. The molecule has 104 valence electrons. The fourth-order valence-corrected chi connectivity index (χ4v) is 7.57. The second-order valence-corrected chi connectivity index (χ2v) is 10.6. The van der Waals surface area contributed by atoms with Gasteiger partial charge in [-0.2, -0.15) is 0 Å². The fourth-order valence-electron chi connectivity index (χ4n) is 3.19. The predicted molar refractivity (Wildman–Crippen MR) is 80.0 cm³/mol. The van der Waals surface area contributed by atoms with Gasteiger partial charge in [-0.3, -0.25) is 0 Å². The van der Waals surface area contributed by atoms with Gasteiger partial charge < -0.3 is 0 Å². The number of amides is 1. The molecule has 0 heterocycles. The average Bonchev–Trinajstić information content (AvgIpc) is 2.41. The molecule has 0 bridgehead atoms. The van der Waals surface area contributed by atoms with Crippen molar-refractivity contribution in [3.05, 3.63) is 0 Å². The summed E-state index contributed by atoms with van der Waals surface area (Å²) in [5, 5.41) is 3.34. The molecule has 2 saturated carbocycles.